The smallest absolute Gasteiger partial charge is 0.352 e. The minimum Gasteiger partial charge on any atom is -0.497 e. The predicted octanol–water partition coefficient (Wildman–Crippen LogP) is 3.56. The van der Waals surface area contributed by atoms with Crippen LogP contribution in [0.5, 0.6) is 5.75 Å². The minimum atomic E-state index is -1.09. The number of hydrogen-bond acceptors (Lipinski definition) is 4. The van der Waals surface area contributed by atoms with Crippen LogP contribution in [0.2, 0.25) is 0 Å². The number of carbonyl (C=O) groups excluding carboxylic acids is 1. The SMILES string of the molecule is COc1ccc2[nH]c(C(=O)O)c(/C(C)=C/C(=O)c3ccncc3)c2c1. The van der Waals surface area contributed by atoms with Crippen molar-refractivity contribution >= 4 is 28.2 Å². The molecule has 0 fully saturated rings. The van der Waals surface area contributed by atoms with Crippen LogP contribution in [-0.2, 0) is 0 Å². The highest BCUT2D eigenvalue weighted by Gasteiger charge is 2.19. The second kappa shape index (κ2) is 6.60. The van der Waals surface area contributed by atoms with Crippen molar-refractivity contribution in [3.05, 3.63) is 65.6 Å². The lowest BCUT2D eigenvalue weighted by Gasteiger charge is -2.04. The van der Waals surface area contributed by atoms with Crippen LogP contribution in [0.3, 0.4) is 0 Å². The van der Waals surface area contributed by atoms with Gasteiger partial charge in [-0.15, -0.1) is 0 Å². The van der Waals surface area contributed by atoms with E-state index in [9.17, 15) is 14.7 Å². The Morgan fingerprint density at radius 2 is 1.92 bits per heavy atom. The van der Waals surface area contributed by atoms with E-state index in [1.807, 2.05) is 0 Å². The van der Waals surface area contributed by atoms with Gasteiger partial charge in [0.25, 0.3) is 0 Å². The first-order valence-corrected chi connectivity index (χ1v) is 7.57. The van der Waals surface area contributed by atoms with Gasteiger partial charge in [0, 0.05) is 34.4 Å². The molecule has 0 bridgehead atoms. The Kier molecular flexibility index (Phi) is 4.35. The zero-order valence-corrected chi connectivity index (χ0v) is 13.7. The third kappa shape index (κ3) is 3.14. The monoisotopic (exact) mass is 336 g/mol. The van der Waals surface area contributed by atoms with Gasteiger partial charge in [-0.3, -0.25) is 9.78 Å². The van der Waals surface area contributed by atoms with Gasteiger partial charge in [0.2, 0.25) is 0 Å². The van der Waals surface area contributed by atoms with Crippen molar-refractivity contribution in [2.45, 2.75) is 6.92 Å². The number of allylic oxidation sites excluding steroid dienone is 2. The lowest BCUT2D eigenvalue weighted by molar-refractivity contribution is 0.0691. The molecule has 0 radical (unpaired) electrons. The molecule has 3 aromatic rings. The van der Waals surface area contributed by atoms with Crippen LogP contribution < -0.4 is 4.74 Å². The summed E-state index contributed by atoms with van der Waals surface area (Å²) in [6.45, 7) is 1.72. The summed E-state index contributed by atoms with van der Waals surface area (Å²) in [5.41, 5.74) is 2.23. The summed E-state index contributed by atoms with van der Waals surface area (Å²) < 4.78 is 5.22. The van der Waals surface area contributed by atoms with Crippen molar-refractivity contribution in [2.24, 2.45) is 0 Å². The quantitative estimate of drug-likeness (QED) is 0.549. The fraction of sp³-hybridized carbons (Fsp3) is 0.105. The van der Waals surface area contributed by atoms with Crippen LogP contribution >= 0.6 is 0 Å². The maximum atomic E-state index is 12.4. The molecule has 0 aliphatic carbocycles. The highest BCUT2D eigenvalue weighted by Crippen LogP contribution is 2.31. The number of nitrogens with one attached hydrogen (secondary N) is 1. The highest BCUT2D eigenvalue weighted by molar-refractivity contribution is 6.12. The van der Waals surface area contributed by atoms with Crippen LogP contribution in [0.4, 0.5) is 0 Å². The van der Waals surface area contributed by atoms with Crippen molar-refractivity contribution in [1.29, 1.82) is 0 Å². The van der Waals surface area contributed by atoms with Crippen molar-refractivity contribution in [3.63, 3.8) is 0 Å². The summed E-state index contributed by atoms with van der Waals surface area (Å²) in [6, 6.07) is 8.48. The molecule has 2 aromatic heterocycles. The zero-order chi connectivity index (χ0) is 18.0. The van der Waals surface area contributed by atoms with E-state index in [0.29, 0.717) is 33.4 Å². The van der Waals surface area contributed by atoms with E-state index in [2.05, 4.69) is 9.97 Å². The predicted molar refractivity (Wildman–Crippen MR) is 94.0 cm³/mol. The molecule has 1 aromatic carbocycles. The number of aromatic amines is 1. The molecular formula is C19H16N2O4. The van der Waals surface area contributed by atoms with E-state index < -0.39 is 5.97 Å². The normalized spacial score (nSPS) is 11.5. The van der Waals surface area contributed by atoms with Gasteiger partial charge < -0.3 is 14.8 Å². The number of fused-ring (bicyclic) bond motifs is 1. The van der Waals surface area contributed by atoms with Gasteiger partial charge in [-0.05, 0) is 48.9 Å². The average Bonchev–Trinajstić information content (AvgIpc) is 3.01. The fourth-order valence-corrected chi connectivity index (χ4v) is 2.74. The number of aromatic carboxylic acids is 1. The molecule has 0 aliphatic rings. The summed E-state index contributed by atoms with van der Waals surface area (Å²) in [5.74, 6) is -0.694. The lowest BCUT2D eigenvalue weighted by atomic mass is 10.00. The van der Waals surface area contributed by atoms with Crippen LogP contribution in [0.25, 0.3) is 16.5 Å². The van der Waals surface area contributed by atoms with Gasteiger partial charge in [0.1, 0.15) is 11.4 Å². The highest BCUT2D eigenvalue weighted by atomic mass is 16.5. The van der Waals surface area contributed by atoms with E-state index in [1.165, 1.54) is 18.5 Å². The molecule has 0 aliphatic heterocycles. The number of rotatable bonds is 5. The molecule has 2 N–H and O–H groups in total. The van der Waals surface area contributed by atoms with Gasteiger partial charge >= 0.3 is 5.97 Å². The zero-order valence-electron chi connectivity index (χ0n) is 13.7. The number of ether oxygens (including phenoxy) is 1. The maximum Gasteiger partial charge on any atom is 0.352 e. The molecule has 0 atom stereocenters. The fourth-order valence-electron chi connectivity index (χ4n) is 2.74. The number of H-pyrrole nitrogens is 1. The number of hydrogen-bond donors (Lipinski definition) is 2. The van der Waals surface area contributed by atoms with Crippen molar-refractivity contribution in [1.82, 2.24) is 9.97 Å². The number of ketones is 1. The molecule has 6 nitrogen and oxygen atoms in total. The van der Waals surface area contributed by atoms with Gasteiger partial charge in [-0.25, -0.2) is 4.79 Å². The van der Waals surface area contributed by atoms with Gasteiger partial charge in [-0.2, -0.15) is 0 Å². The van der Waals surface area contributed by atoms with Crippen LogP contribution in [0.1, 0.15) is 33.3 Å². The molecule has 0 amide bonds. The van der Waals surface area contributed by atoms with Crippen molar-refractivity contribution < 1.29 is 19.4 Å². The van der Waals surface area contributed by atoms with Gasteiger partial charge in [0.05, 0.1) is 7.11 Å². The Balaban J connectivity index is 2.15. The first-order chi connectivity index (χ1) is 12.0. The van der Waals surface area contributed by atoms with E-state index in [4.69, 9.17) is 4.74 Å². The van der Waals surface area contributed by atoms with E-state index in [0.717, 1.165) is 0 Å². The summed E-state index contributed by atoms with van der Waals surface area (Å²) in [5, 5.41) is 10.2. The first-order valence-electron chi connectivity index (χ1n) is 7.57. The summed E-state index contributed by atoms with van der Waals surface area (Å²) >= 11 is 0. The standard InChI is InChI=1S/C19H16N2O4/c1-11(9-16(22)12-5-7-20-8-6-12)17-14-10-13(25-2)3-4-15(14)21-18(17)19(23)24/h3-10,21H,1-2H3,(H,23,24)/b11-9+. The lowest BCUT2D eigenvalue weighted by Crippen LogP contribution is -2.01. The van der Waals surface area contributed by atoms with Crippen LogP contribution in [-0.4, -0.2) is 33.9 Å². The van der Waals surface area contributed by atoms with Crippen molar-refractivity contribution in [3.8, 4) is 5.75 Å². The molecule has 0 saturated carbocycles. The summed E-state index contributed by atoms with van der Waals surface area (Å²) in [4.78, 5) is 30.8. The third-order valence-electron chi connectivity index (χ3n) is 3.93. The Bertz CT molecular complexity index is 987. The Morgan fingerprint density at radius 3 is 2.56 bits per heavy atom. The Hall–Kier alpha value is -3.41. The van der Waals surface area contributed by atoms with Crippen LogP contribution in [0, 0.1) is 0 Å². The molecule has 126 valence electrons. The number of methoxy groups -OCH3 is 1. The number of carbonyl (C=O) groups is 2. The second-order valence-electron chi connectivity index (χ2n) is 5.52. The van der Waals surface area contributed by atoms with Crippen molar-refractivity contribution in [2.75, 3.05) is 7.11 Å². The Morgan fingerprint density at radius 1 is 1.20 bits per heavy atom. The summed E-state index contributed by atoms with van der Waals surface area (Å²) in [7, 11) is 1.54. The van der Waals surface area contributed by atoms with Crippen LogP contribution in [0.15, 0.2) is 48.8 Å². The molecular weight excluding hydrogens is 320 g/mol. The Labute approximate surface area is 143 Å². The van der Waals surface area contributed by atoms with E-state index >= 15 is 0 Å². The van der Waals surface area contributed by atoms with Gasteiger partial charge in [0.15, 0.2) is 5.78 Å². The molecule has 25 heavy (non-hydrogen) atoms. The molecule has 6 heteroatoms. The topological polar surface area (TPSA) is 92.3 Å². The maximum absolute atomic E-state index is 12.4. The largest absolute Gasteiger partial charge is 0.497 e. The molecule has 3 rings (SSSR count). The molecule has 0 unspecified atom stereocenters. The number of carboxylic acid groups (broad SMARTS) is 1. The van der Waals surface area contributed by atoms with E-state index in [1.54, 1.807) is 44.4 Å². The van der Waals surface area contributed by atoms with Gasteiger partial charge in [-0.1, -0.05) is 0 Å². The third-order valence-corrected chi connectivity index (χ3v) is 3.93. The number of pyridine rings is 1. The first kappa shape index (κ1) is 16.4. The number of carboxylic acids is 1. The number of nitrogens with zero attached hydrogens (tertiary/aromatic N) is 1. The second-order valence-corrected chi connectivity index (χ2v) is 5.52. The molecule has 0 spiro atoms. The molecule has 2 heterocycles. The molecule has 0 saturated heterocycles. The average molecular weight is 336 g/mol. The minimum absolute atomic E-state index is 0.0412. The summed E-state index contributed by atoms with van der Waals surface area (Å²) in [6.07, 6.45) is 4.51. The van der Waals surface area contributed by atoms with E-state index in [-0.39, 0.29) is 11.5 Å². The number of aromatic nitrogens is 2. The number of benzene rings is 1.